The van der Waals surface area contributed by atoms with Crippen LogP contribution in [0.1, 0.15) is 43.4 Å². The number of anilines is 2. The van der Waals surface area contributed by atoms with Gasteiger partial charge in [0.25, 0.3) is 0 Å². The number of benzene rings is 1. The van der Waals surface area contributed by atoms with Gasteiger partial charge in [0.2, 0.25) is 0 Å². The van der Waals surface area contributed by atoms with Crippen molar-refractivity contribution in [3.63, 3.8) is 0 Å². The SMILES string of the molecule is CCc1nc2ccc(C3CCN(SCCCN(C)C)CC3)cn2c1N(C)c1nc(-c2ccc(F)cc2)cs1. The first-order valence-electron chi connectivity index (χ1n) is 13.4. The average Bonchev–Trinajstić information content (AvgIpc) is 3.56. The molecule has 9 heteroatoms. The molecule has 1 fully saturated rings. The molecule has 6 nitrogen and oxygen atoms in total. The summed E-state index contributed by atoms with van der Waals surface area (Å²) in [5.41, 5.74) is 5.19. The molecule has 1 aromatic carbocycles. The van der Waals surface area contributed by atoms with Crippen molar-refractivity contribution < 1.29 is 4.39 Å². The van der Waals surface area contributed by atoms with Crippen LogP contribution in [-0.4, -0.2) is 70.1 Å². The molecule has 202 valence electrons. The summed E-state index contributed by atoms with van der Waals surface area (Å²) in [4.78, 5) is 14.2. The molecule has 1 aliphatic heterocycles. The van der Waals surface area contributed by atoms with Crippen molar-refractivity contribution in [2.45, 2.75) is 38.5 Å². The topological polar surface area (TPSA) is 39.9 Å². The van der Waals surface area contributed by atoms with Crippen molar-refractivity contribution in [3.8, 4) is 11.3 Å². The lowest BCUT2D eigenvalue weighted by Crippen LogP contribution is -2.28. The molecule has 0 radical (unpaired) electrons. The smallest absolute Gasteiger partial charge is 0.191 e. The van der Waals surface area contributed by atoms with Crippen LogP contribution in [0.3, 0.4) is 0 Å². The van der Waals surface area contributed by atoms with E-state index in [-0.39, 0.29) is 5.82 Å². The Hall–Kier alpha value is -2.46. The Bertz CT molecular complexity index is 1340. The van der Waals surface area contributed by atoms with E-state index >= 15 is 0 Å². The highest BCUT2D eigenvalue weighted by atomic mass is 32.2. The predicted molar refractivity (Wildman–Crippen MR) is 159 cm³/mol. The lowest BCUT2D eigenvalue weighted by molar-refractivity contribution is 0.344. The van der Waals surface area contributed by atoms with Gasteiger partial charge in [-0.25, -0.2) is 14.4 Å². The van der Waals surface area contributed by atoms with Gasteiger partial charge < -0.3 is 9.80 Å². The third-order valence-electron chi connectivity index (χ3n) is 7.21. The minimum atomic E-state index is -0.236. The molecule has 0 N–H and O–H groups in total. The number of nitrogens with zero attached hydrogens (tertiary/aromatic N) is 6. The van der Waals surface area contributed by atoms with E-state index in [0.717, 1.165) is 59.6 Å². The van der Waals surface area contributed by atoms with Gasteiger partial charge >= 0.3 is 0 Å². The van der Waals surface area contributed by atoms with Crippen molar-refractivity contribution in [2.75, 3.05) is 51.4 Å². The summed E-state index contributed by atoms with van der Waals surface area (Å²) < 4.78 is 18.2. The molecule has 0 aliphatic carbocycles. The fraction of sp³-hybridized carbons (Fsp3) is 0.448. The van der Waals surface area contributed by atoms with Crippen LogP contribution in [0, 0.1) is 5.82 Å². The second-order valence-corrected chi connectivity index (χ2v) is 12.2. The minimum Gasteiger partial charge on any atom is -0.309 e. The van der Waals surface area contributed by atoms with Crippen molar-refractivity contribution >= 4 is 39.9 Å². The van der Waals surface area contributed by atoms with E-state index in [2.05, 4.69) is 64.9 Å². The van der Waals surface area contributed by atoms with Crippen molar-refractivity contribution in [3.05, 3.63) is 65.0 Å². The van der Waals surface area contributed by atoms with Crippen LogP contribution in [0.2, 0.25) is 0 Å². The van der Waals surface area contributed by atoms with Gasteiger partial charge in [0, 0.05) is 43.0 Å². The lowest BCUT2D eigenvalue weighted by Gasteiger charge is -2.31. The van der Waals surface area contributed by atoms with Gasteiger partial charge in [0.1, 0.15) is 17.3 Å². The van der Waals surface area contributed by atoms with Crippen LogP contribution < -0.4 is 4.90 Å². The van der Waals surface area contributed by atoms with Crippen LogP contribution >= 0.6 is 23.3 Å². The van der Waals surface area contributed by atoms with Crippen LogP contribution in [-0.2, 0) is 6.42 Å². The Morgan fingerprint density at radius 3 is 2.53 bits per heavy atom. The number of halogens is 1. The Morgan fingerprint density at radius 2 is 1.82 bits per heavy atom. The van der Waals surface area contributed by atoms with Gasteiger partial charge in [-0.2, -0.15) is 0 Å². The molecule has 4 aromatic rings. The second kappa shape index (κ2) is 12.2. The van der Waals surface area contributed by atoms with E-state index in [1.54, 1.807) is 23.5 Å². The fourth-order valence-corrected chi connectivity index (χ4v) is 6.87. The van der Waals surface area contributed by atoms with Gasteiger partial charge in [-0.1, -0.05) is 24.9 Å². The lowest BCUT2D eigenvalue weighted by atomic mass is 9.91. The van der Waals surface area contributed by atoms with E-state index < -0.39 is 0 Å². The highest BCUT2D eigenvalue weighted by Gasteiger charge is 2.24. The Balaban J connectivity index is 1.32. The first-order chi connectivity index (χ1) is 18.4. The summed E-state index contributed by atoms with van der Waals surface area (Å²) in [6.07, 6.45) is 6.73. The number of aromatic nitrogens is 3. The number of thiazole rings is 1. The van der Waals surface area contributed by atoms with Crippen LogP contribution in [0.5, 0.6) is 0 Å². The molecule has 0 bridgehead atoms. The molecule has 1 aliphatic rings. The summed E-state index contributed by atoms with van der Waals surface area (Å²) in [5.74, 6) is 2.59. The molecule has 3 aromatic heterocycles. The monoisotopic (exact) mass is 552 g/mol. The Morgan fingerprint density at radius 1 is 1.05 bits per heavy atom. The van der Waals surface area contributed by atoms with Gasteiger partial charge in [0.15, 0.2) is 5.13 Å². The molecule has 0 spiro atoms. The van der Waals surface area contributed by atoms with Crippen molar-refractivity contribution in [1.29, 1.82) is 0 Å². The molecule has 0 amide bonds. The number of rotatable bonds is 10. The van der Waals surface area contributed by atoms with Gasteiger partial charge in [0.05, 0.1) is 11.4 Å². The highest BCUT2D eigenvalue weighted by molar-refractivity contribution is 7.97. The van der Waals surface area contributed by atoms with E-state index in [0.29, 0.717) is 5.92 Å². The molecule has 5 rings (SSSR count). The van der Waals surface area contributed by atoms with Crippen molar-refractivity contribution in [2.24, 2.45) is 0 Å². The first kappa shape index (κ1) is 27.1. The summed E-state index contributed by atoms with van der Waals surface area (Å²) in [7, 11) is 6.35. The molecule has 0 saturated carbocycles. The molecule has 4 heterocycles. The van der Waals surface area contributed by atoms with E-state index in [9.17, 15) is 4.39 Å². The fourth-order valence-electron chi connectivity index (χ4n) is 5.09. The maximum absolute atomic E-state index is 13.4. The number of fused-ring (bicyclic) bond motifs is 1. The first-order valence-corrected chi connectivity index (χ1v) is 15.2. The van der Waals surface area contributed by atoms with E-state index in [4.69, 9.17) is 9.97 Å². The largest absolute Gasteiger partial charge is 0.309 e. The summed E-state index contributed by atoms with van der Waals surface area (Å²) in [5, 5.41) is 2.93. The second-order valence-electron chi connectivity index (χ2n) is 10.2. The van der Waals surface area contributed by atoms with Gasteiger partial charge in [-0.05, 0) is 88.1 Å². The minimum absolute atomic E-state index is 0.236. The number of piperidine rings is 1. The maximum atomic E-state index is 13.4. The summed E-state index contributed by atoms with van der Waals surface area (Å²) in [6.45, 7) is 5.58. The maximum Gasteiger partial charge on any atom is 0.191 e. The Labute approximate surface area is 233 Å². The van der Waals surface area contributed by atoms with E-state index in [1.165, 1.54) is 42.7 Å². The van der Waals surface area contributed by atoms with Gasteiger partial charge in [-0.15, -0.1) is 11.3 Å². The molecule has 1 saturated heterocycles. The van der Waals surface area contributed by atoms with E-state index in [1.807, 2.05) is 17.3 Å². The van der Waals surface area contributed by atoms with Crippen LogP contribution in [0.4, 0.5) is 15.3 Å². The summed E-state index contributed by atoms with van der Waals surface area (Å²) >= 11 is 3.60. The third-order valence-corrected chi connectivity index (χ3v) is 9.32. The van der Waals surface area contributed by atoms with Crippen molar-refractivity contribution in [1.82, 2.24) is 23.6 Å². The molecular weight excluding hydrogens is 515 g/mol. The molecule has 0 atom stereocenters. The zero-order chi connectivity index (χ0) is 26.6. The number of imidazole rings is 1. The van der Waals surface area contributed by atoms with Gasteiger partial charge in [-0.3, -0.25) is 8.71 Å². The highest BCUT2D eigenvalue weighted by Crippen LogP contribution is 2.36. The number of aryl methyl sites for hydroxylation is 1. The number of pyridine rings is 1. The zero-order valence-electron chi connectivity index (χ0n) is 22.7. The molecular formula is C29H37FN6S2. The standard InChI is InChI=1S/C29H37FN6S2/c1-5-25-28(34(4)29-32-26(20-37-29)22-7-10-24(30)11-8-22)36-19-23(9-12-27(36)31-25)21-13-16-35(17-14-21)38-18-6-15-33(2)3/h7-12,19-21H,5-6,13-18H2,1-4H3. The number of hydrogen-bond acceptors (Lipinski definition) is 7. The quantitative estimate of drug-likeness (QED) is 0.161. The number of hydrogen-bond donors (Lipinski definition) is 0. The van der Waals surface area contributed by atoms with Crippen LogP contribution in [0.15, 0.2) is 48.0 Å². The zero-order valence-corrected chi connectivity index (χ0v) is 24.4. The normalized spacial score (nSPS) is 15.1. The predicted octanol–water partition coefficient (Wildman–Crippen LogP) is 6.71. The molecule has 38 heavy (non-hydrogen) atoms. The summed E-state index contributed by atoms with van der Waals surface area (Å²) in [6, 6.07) is 11.0. The van der Waals surface area contributed by atoms with Crippen LogP contribution in [0.25, 0.3) is 16.9 Å². The molecule has 0 unspecified atom stereocenters. The Kier molecular flexibility index (Phi) is 8.67. The third kappa shape index (κ3) is 6.06. The average molecular weight is 553 g/mol.